The van der Waals surface area contributed by atoms with Crippen molar-refractivity contribution in [1.29, 1.82) is 5.26 Å². The number of carbonyl (C=O) groups is 1. The second-order valence-electron chi connectivity index (χ2n) is 6.93. The zero-order valence-electron chi connectivity index (χ0n) is 16.7. The van der Waals surface area contributed by atoms with Gasteiger partial charge in [-0.3, -0.25) is 9.10 Å². The summed E-state index contributed by atoms with van der Waals surface area (Å²) in [5.41, 5.74) is 3.11. The fraction of sp³-hybridized carbons (Fsp3) is 0.130. The molecule has 0 aromatic heterocycles. The molecule has 0 unspecified atom stereocenters. The average molecular weight is 454 g/mol. The predicted octanol–water partition coefficient (Wildman–Crippen LogP) is 4.62. The molecular weight excluding hydrogens is 434 g/mol. The molecule has 0 heterocycles. The number of nitrogens with one attached hydrogen (secondary N) is 1. The van der Waals surface area contributed by atoms with E-state index in [9.17, 15) is 13.2 Å². The fourth-order valence-electron chi connectivity index (χ4n) is 2.94. The van der Waals surface area contributed by atoms with Crippen molar-refractivity contribution in [3.8, 4) is 6.07 Å². The number of benzene rings is 3. The molecular formula is C23H20ClN3O3S. The molecule has 0 radical (unpaired) electrons. The maximum atomic E-state index is 12.5. The van der Waals surface area contributed by atoms with Gasteiger partial charge in [0.25, 0.3) is 5.91 Å². The molecule has 31 heavy (non-hydrogen) atoms. The molecule has 0 bridgehead atoms. The Hall–Kier alpha value is -3.34. The van der Waals surface area contributed by atoms with Gasteiger partial charge in [-0.1, -0.05) is 35.9 Å². The highest BCUT2D eigenvalue weighted by Crippen LogP contribution is 2.22. The normalized spacial score (nSPS) is 10.9. The Kier molecular flexibility index (Phi) is 6.95. The zero-order valence-corrected chi connectivity index (χ0v) is 18.3. The highest BCUT2D eigenvalue weighted by Gasteiger charge is 2.18. The fourth-order valence-corrected chi connectivity index (χ4v) is 3.95. The third-order valence-corrected chi connectivity index (χ3v) is 5.94. The van der Waals surface area contributed by atoms with E-state index in [-0.39, 0.29) is 12.5 Å². The summed E-state index contributed by atoms with van der Waals surface area (Å²) in [6.07, 6.45) is 1.45. The maximum absolute atomic E-state index is 12.5. The van der Waals surface area contributed by atoms with Gasteiger partial charge >= 0.3 is 0 Å². The predicted molar refractivity (Wildman–Crippen MR) is 123 cm³/mol. The van der Waals surface area contributed by atoms with Crippen LogP contribution in [0.5, 0.6) is 0 Å². The first-order valence-corrected chi connectivity index (χ1v) is 11.6. The Labute approximate surface area is 186 Å². The Morgan fingerprint density at radius 3 is 2.10 bits per heavy atom. The van der Waals surface area contributed by atoms with E-state index in [1.807, 2.05) is 0 Å². The lowest BCUT2D eigenvalue weighted by Crippen LogP contribution is -2.29. The minimum Gasteiger partial charge on any atom is -0.322 e. The van der Waals surface area contributed by atoms with Gasteiger partial charge in [0.2, 0.25) is 10.0 Å². The Morgan fingerprint density at radius 1 is 0.968 bits per heavy atom. The topological polar surface area (TPSA) is 90.3 Å². The maximum Gasteiger partial charge on any atom is 0.255 e. The van der Waals surface area contributed by atoms with Crippen LogP contribution < -0.4 is 9.62 Å². The second kappa shape index (κ2) is 9.65. The van der Waals surface area contributed by atoms with E-state index in [0.29, 0.717) is 28.4 Å². The summed E-state index contributed by atoms with van der Waals surface area (Å²) in [5.74, 6) is -0.316. The van der Waals surface area contributed by atoms with Crippen molar-refractivity contribution < 1.29 is 13.2 Å². The summed E-state index contributed by atoms with van der Waals surface area (Å²) in [6.45, 7) is 0.149. The summed E-state index contributed by atoms with van der Waals surface area (Å²) in [6, 6.07) is 22.4. The SMILES string of the molecule is CS(=O)(=O)N(Cc1ccc(Cl)cc1)c1ccc(C(=O)Nc2ccc(CC#N)cc2)cc1. The number of carbonyl (C=O) groups excluding carboxylic acids is 1. The third kappa shape index (κ3) is 6.07. The van der Waals surface area contributed by atoms with Crippen molar-refractivity contribution in [2.24, 2.45) is 0 Å². The van der Waals surface area contributed by atoms with E-state index in [0.717, 1.165) is 17.4 Å². The van der Waals surface area contributed by atoms with Gasteiger partial charge < -0.3 is 5.32 Å². The van der Waals surface area contributed by atoms with E-state index < -0.39 is 10.0 Å². The first-order chi connectivity index (χ1) is 14.8. The van der Waals surface area contributed by atoms with Crippen LogP contribution in [0.1, 0.15) is 21.5 Å². The van der Waals surface area contributed by atoms with Crippen LogP contribution in [0.25, 0.3) is 0 Å². The van der Waals surface area contributed by atoms with E-state index in [1.165, 1.54) is 4.31 Å². The lowest BCUT2D eigenvalue weighted by atomic mass is 10.1. The highest BCUT2D eigenvalue weighted by atomic mass is 35.5. The number of halogens is 1. The van der Waals surface area contributed by atoms with E-state index >= 15 is 0 Å². The standard InChI is InChI=1S/C23H20ClN3O3S/c1-31(29,30)27(16-18-2-8-20(24)9-3-18)22-12-6-19(7-13-22)23(28)26-21-10-4-17(5-11-21)14-15-25/h2-13H,14,16H2,1H3,(H,26,28). The van der Waals surface area contributed by atoms with Gasteiger partial charge in [-0.05, 0) is 59.7 Å². The molecule has 0 aliphatic rings. The van der Waals surface area contributed by atoms with Crippen LogP contribution in [0.4, 0.5) is 11.4 Å². The van der Waals surface area contributed by atoms with Crippen LogP contribution >= 0.6 is 11.6 Å². The van der Waals surface area contributed by atoms with E-state index in [2.05, 4.69) is 11.4 Å². The number of amides is 1. The summed E-state index contributed by atoms with van der Waals surface area (Å²) < 4.78 is 25.9. The minimum atomic E-state index is -3.54. The lowest BCUT2D eigenvalue weighted by Gasteiger charge is -2.23. The average Bonchev–Trinajstić information content (AvgIpc) is 2.74. The number of sulfonamides is 1. The van der Waals surface area contributed by atoms with Crippen LogP contribution in [0.3, 0.4) is 0 Å². The zero-order chi connectivity index (χ0) is 22.4. The molecule has 3 aromatic rings. The molecule has 0 saturated heterocycles. The Balaban J connectivity index is 1.75. The highest BCUT2D eigenvalue weighted by molar-refractivity contribution is 7.92. The molecule has 0 spiro atoms. The number of hydrogen-bond acceptors (Lipinski definition) is 4. The van der Waals surface area contributed by atoms with Crippen LogP contribution in [0, 0.1) is 11.3 Å². The lowest BCUT2D eigenvalue weighted by molar-refractivity contribution is 0.102. The van der Waals surface area contributed by atoms with Gasteiger partial charge in [0, 0.05) is 16.3 Å². The summed E-state index contributed by atoms with van der Waals surface area (Å²) >= 11 is 5.90. The largest absolute Gasteiger partial charge is 0.322 e. The molecule has 158 valence electrons. The van der Waals surface area contributed by atoms with Crippen molar-refractivity contribution >= 4 is 38.9 Å². The van der Waals surface area contributed by atoms with Crippen molar-refractivity contribution in [1.82, 2.24) is 0 Å². The molecule has 0 saturated carbocycles. The van der Waals surface area contributed by atoms with Gasteiger partial charge in [-0.15, -0.1) is 0 Å². The van der Waals surface area contributed by atoms with Crippen LogP contribution in [0.15, 0.2) is 72.8 Å². The summed E-state index contributed by atoms with van der Waals surface area (Å²) in [4.78, 5) is 12.5. The van der Waals surface area contributed by atoms with Gasteiger partial charge in [0.1, 0.15) is 0 Å². The molecule has 1 amide bonds. The number of rotatable bonds is 7. The minimum absolute atomic E-state index is 0.149. The Morgan fingerprint density at radius 2 is 1.55 bits per heavy atom. The Bertz CT molecular complexity index is 1200. The van der Waals surface area contributed by atoms with Crippen LogP contribution in [-0.4, -0.2) is 20.6 Å². The van der Waals surface area contributed by atoms with Crippen molar-refractivity contribution in [2.75, 3.05) is 15.9 Å². The van der Waals surface area contributed by atoms with Crippen molar-refractivity contribution in [3.05, 3.63) is 94.5 Å². The summed E-state index contributed by atoms with van der Waals surface area (Å²) in [5, 5.41) is 12.1. The summed E-state index contributed by atoms with van der Waals surface area (Å²) in [7, 11) is -3.54. The second-order valence-corrected chi connectivity index (χ2v) is 9.27. The van der Waals surface area contributed by atoms with E-state index in [4.69, 9.17) is 16.9 Å². The van der Waals surface area contributed by atoms with E-state index in [1.54, 1.807) is 72.8 Å². The number of anilines is 2. The van der Waals surface area contributed by atoms with Crippen molar-refractivity contribution in [3.63, 3.8) is 0 Å². The molecule has 3 aromatic carbocycles. The monoisotopic (exact) mass is 453 g/mol. The van der Waals surface area contributed by atoms with Crippen LogP contribution in [0.2, 0.25) is 5.02 Å². The molecule has 0 atom stereocenters. The molecule has 8 heteroatoms. The van der Waals surface area contributed by atoms with Gasteiger partial charge in [-0.2, -0.15) is 5.26 Å². The number of nitriles is 1. The van der Waals surface area contributed by atoms with Gasteiger partial charge in [-0.25, -0.2) is 8.42 Å². The molecule has 3 rings (SSSR count). The third-order valence-electron chi connectivity index (χ3n) is 4.55. The quantitative estimate of drug-likeness (QED) is 0.564. The number of hydrogen-bond donors (Lipinski definition) is 1. The van der Waals surface area contributed by atoms with Gasteiger partial charge in [0.05, 0.1) is 31.0 Å². The molecule has 0 aliphatic heterocycles. The first kappa shape index (κ1) is 22.3. The van der Waals surface area contributed by atoms with Crippen LogP contribution in [-0.2, 0) is 23.0 Å². The van der Waals surface area contributed by atoms with Gasteiger partial charge in [0.15, 0.2) is 0 Å². The smallest absolute Gasteiger partial charge is 0.255 e. The number of nitrogens with zero attached hydrogens (tertiary/aromatic N) is 2. The molecule has 1 N–H and O–H groups in total. The molecule has 0 aliphatic carbocycles. The van der Waals surface area contributed by atoms with Crippen molar-refractivity contribution in [2.45, 2.75) is 13.0 Å². The molecule has 6 nitrogen and oxygen atoms in total. The first-order valence-electron chi connectivity index (χ1n) is 9.36. The molecule has 0 fully saturated rings.